The van der Waals surface area contributed by atoms with Crippen LogP contribution >= 0.6 is 0 Å². The number of benzene rings is 1. The molecule has 0 aliphatic heterocycles. The fourth-order valence-corrected chi connectivity index (χ4v) is 1.56. The molecule has 5 nitrogen and oxygen atoms in total. The quantitative estimate of drug-likeness (QED) is 0.714. The standard InChI is InChI=1S/C13H13N3O2/c14-12-2-1-10(7-11(12)13(17)18)16-8-9-3-5-15-6-4-9/h1-7,16H,8,14H2,(H,17,18). The second-order valence-corrected chi connectivity index (χ2v) is 3.82. The Balaban J connectivity index is 2.11. The molecule has 0 fully saturated rings. The Kier molecular flexibility index (Phi) is 3.43. The summed E-state index contributed by atoms with van der Waals surface area (Å²) >= 11 is 0. The molecule has 0 radical (unpaired) electrons. The van der Waals surface area contributed by atoms with E-state index >= 15 is 0 Å². The maximum absolute atomic E-state index is 10.9. The number of carboxylic acids is 1. The Labute approximate surface area is 104 Å². The molecule has 0 bridgehead atoms. The SMILES string of the molecule is Nc1ccc(NCc2ccncc2)cc1C(=O)O. The van der Waals surface area contributed by atoms with Gasteiger partial charge >= 0.3 is 5.97 Å². The van der Waals surface area contributed by atoms with Gasteiger partial charge in [-0.3, -0.25) is 4.98 Å². The number of pyridine rings is 1. The fourth-order valence-electron chi connectivity index (χ4n) is 1.56. The van der Waals surface area contributed by atoms with Crippen LogP contribution in [0.25, 0.3) is 0 Å². The highest BCUT2D eigenvalue weighted by atomic mass is 16.4. The van der Waals surface area contributed by atoms with E-state index in [1.54, 1.807) is 24.5 Å². The Morgan fingerprint density at radius 2 is 2.00 bits per heavy atom. The van der Waals surface area contributed by atoms with Gasteiger partial charge in [0.2, 0.25) is 0 Å². The van der Waals surface area contributed by atoms with Crippen LogP contribution < -0.4 is 11.1 Å². The summed E-state index contributed by atoms with van der Waals surface area (Å²) in [4.78, 5) is 14.9. The van der Waals surface area contributed by atoms with Gasteiger partial charge in [0.25, 0.3) is 0 Å². The van der Waals surface area contributed by atoms with Crippen molar-refractivity contribution in [3.63, 3.8) is 0 Å². The monoisotopic (exact) mass is 243 g/mol. The van der Waals surface area contributed by atoms with Crippen LogP contribution in [0.1, 0.15) is 15.9 Å². The molecule has 2 rings (SSSR count). The largest absolute Gasteiger partial charge is 0.478 e. The zero-order valence-electron chi connectivity index (χ0n) is 9.63. The van der Waals surface area contributed by atoms with Crippen molar-refractivity contribution < 1.29 is 9.90 Å². The summed E-state index contributed by atoms with van der Waals surface area (Å²) in [6.45, 7) is 0.603. The third-order valence-electron chi connectivity index (χ3n) is 2.53. The summed E-state index contributed by atoms with van der Waals surface area (Å²) in [5.41, 5.74) is 7.74. The molecule has 1 heterocycles. The molecule has 1 aromatic heterocycles. The third-order valence-corrected chi connectivity index (χ3v) is 2.53. The molecule has 0 spiro atoms. The van der Waals surface area contributed by atoms with E-state index in [4.69, 9.17) is 10.8 Å². The molecule has 2 aromatic rings. The number of nitrogen functional groups attached to an aromatic ring is 1. The van der Waals surface area contributed by atoms with Gasteiger partial charge in [-0.2, -0.15) is 0 Å². The second-order valence-electron chi connectivity index (χ2n) is 3.82. The van der Waals surface area contributed by atoms with Crippen molar-refractivity contribution in [2.45, 2.75) is 6.54 Å². The first-order valence-electron chi connectivity index (χ1n) is 5.42. The van der Waals surface area contributed by atoms with Crippen LogP contribution in [0.15, 0.2) is 42.7 Å². The van der Waals surface area contributed by atoms with Gasteiger partial charge in [-0.1, -0.05) is 0 Å². The molecule has 4 N–H and O–H groups in total. The molecule has 0 aliphatic rings. The number of nitrogens with two attached hydrogens (primary N) is 1. The molecule has 0 saturated carbocycles. The first-order chi connectivity index (χ1) is 8.66. The van der Waals surface area contributed by atoms with Gasteiger partial charge in [0.15, 0.2) is 0 Å². The highest BCUT2D eigenvalue weighted by Crippen LogP contribution is 2.18. The van der Waals surface area contributed by atoms with E-state index in [1.807, 2.05) is 12.1 Å². The van der Waals surface area contributed by atoms with E-state index in [0.29, 0.717) is 6.54 Å². The molecule has 0 saturated heterocycles. The van der Waals surface area contributed by atoms with Crippen LogP contribution in [0.3, 0.4) is 0 Å². The first-order valence-corrected chi connectivity index (χ1v) is 5.42. The van der Waals surface area contributed by atoms with Gasteiger partial charge in [0.1, 0.15) is 0 Å². The van der Waals surface area contributed by atoms with Crippen molar-refractivity contribution in [1.82, 2.24) is 4.98 Å². The van der Waals surface area contributed by atoms with Crippen molar-refractivity contribution in [1.29, 1.82) is 0 Å². The minimum Gasteiger partial charge on any atom is -0.478 e. The summed E-state index contributed by atoms with van der Waals surface area (Å²) in [6.07, 6.45) is 3.42. The number of carboxylic acid groups (broad SMARTS) is 1. The Morgan fingerprint density at radius 3 is 2.67 bits per heavy atom. The number of anilines is 2. The van der Waals surface area contributed by atoms with E-state index in [1.165, 1.54) is 6.07 Å². The molecule has 0 atom stereocenters. The molecular formula is C13H13N3O2. The van der Waals surface area contributed by atoms with Crippen LogP contribution in [0, 0.1) is 0 Å². The molecule has 18 heavy (non-hydrogen) atoms. The summed E-state index contributed by atoms with van der Waals surface area (Å²) in [5, 5.41) is 12.1. The lowest BCUT2D eigenvalue weighted by Crippen LogP contribution is -2.05. The Hall–Kier alpha value is -2.56. The van der Waals surface area contributed by atoms with Crippen molar-refractivity contribution >= 4 is 17.3 Å². The van der Waals surface area contributed by atoms with Crippen molar-refractivity contribution in [2.75, 3.05) is 11.1 Å². The van der Waals surface area contributed by atoms with Gasteiger partial charge in [0, 0.05) is 30.3 Å². The predicted molar refractivity (Wildman–Crippen MR) is 69.4 cm³/mol. The van der Waals surface area contributed by atoms with Gasteiger partial charge in [0.05, 0.1) is 5.56 Å². The fraction of sp³-hybridized carbons (Fsp3) is 0.0769. The van der Waals surface area contributed by atoms with Gasteiger partial charge in [-0.15, -0.1) is 0 Å². The Morgan fingerprint density at radius 1 is 1.28 bits per heavy atom. The lowest BCUT2D eigenvalue weighted by Gasteiger charge is -2.08. The lowest BCUT2D eigenvalue weighted by molar-refractivity contribution is 0.0698. The lowest BCUT2D eigenvalue weighted by atomic mass is 10.1. The molecule has 0 unspecified atom stereocenters. The average Bonchev–Trinajstić information content (AvgIpc) is 2.38. The molecule has 0 amide bonds. The summed E-state index contributed by atoms with van der Waals surface area (Å²) in [5.74, 6) is -1.03. The van der Waals surface area contributed by atoms with Crippen molar-refractivity contribution in [2.24, 2.45) is 0 Å². The number of nitrogens with zero attached hydrogens (tertiary/aromatic N) is 1. The highest BCUT2D eigenvalue weighted by Gasteiger charge is 2.08. The number of hydrogen-bond acceptors (Lipinski definition) is 4. The van der Waals surface area contributed by atoms with E-state index in [2.05, 4.69) is 10.3 Å². The minimum atomic E-state index is -1.03. The maximum atomic E-state index is 10.9. The smallest absolute Gasteiger partial charge is 0.337 e. The Bertz CT molecular complexity index is 555. The van der Waals surface area contributed by atoms with Crippen molar-refractivity contribution in [3.05, 3.63) is 53.9 Å². The number of nitrogens with one attached hydrogen (secondary N) is 1. The predicted octanol–water partition coefficient (Wildman–Crippen LogP) is 1.97. The van der Waals surface area contributed by atoms with Crippen LogP contribution in [-0.4, -0.2) is 16.1 Å². The van der Waals surface area contributed by atoms with E-state index in [0.717, 1.165) is 11.3 Å². The number of rotatable bonds is 4. The number of aromatic nitrogens is 1. The van der Waals surface area contributed by atoms with Crippen LogP contribution in [0.5, 0.6) is 0 Å². The van der Waals surface area contributed by atoms with Gasteiger partial charge in [-0.05, 0) is 35.9 Å². The van der Waals surface area contributed by atoms with Crippen LogP contribution in [0.4, 0.5) is 11.4 Å². The summed E-state index contributed by atoms with van der Waals surface area (Å²) in [6, 6.07) is 8.64. The normalized spacial score (nSPS) is 10.0. The summed E-state index contributed by atoms with van der Waals surface area (Å²) < 4.78 is 0. The van der Waals surface area contributed by atoms with Crippen LogP contribution in [0.2, 0.25) is 0 Å². The topological polar surface area (TPSA) is 88.2 Å². The molecule has 92 valence electrons. The number of hydrogen-bond donors (Lipinski definition) is 3. The van der Waals surface area contributed by atoms with E-state index < -0.39 is 5.97 Å². The third kappa shape index (κ3) is 2.76. The van der Waals surface area contributed by atoms with Crippen LogP contribution in [-0.2, 0) is 6.54 Å². The van der Waals surface area contributed by atoms with Crippen molar-refractivity contribution in [3.8, 4) is 0 Å². The van der Waals surface area contributed by atoms with Gasteiger partial charge < -0.3 is 16.2 Å². The zero-order valence-corrected chi connectivity index (χ0v) is 9.63. The zero-order chi connectivity index (χ0) is 13.0. The molecule has 1 aromatic carbocycles. The maximum Gasteiger partial charge on any atom is 0.337 e. The molecule has 0 aliphatic carbocycles. The van der Waals surface area contributed by atoms with E-state index in [9.17, 15) is 4.79 Å². The van der Waals surface area contributed by atoms with Gasteiger partial charge in [-0.25, -0.2) is 4.79 Å². The van der Waals surface area contributed by atoms with E-state index in [-0.39, 0.29) is 11.3 Å². The second kappa shape index (κ2) is 5.18. The average molecular weight is 243 g/mol. The first kappa shape index (κ1) is 11.9. The number of carbonyl (C=O) groups is 1. The number of aromatic carboxylic acids is 1. The summed E-state index contributed by atoms with van der Waals surface area (Å²) in [7, 11) is 0. The molecule has 5 heteroatoms. The molecular weight excluding hydrogens is 230 g/mol. The highest BCUT2D eigenvalue weighted by molar-refractivity contribution is 5.94. The minimum absolute atomic E-state index is 0.106.